The number of hydrogen-bond donors (Lipinski definition) is 2. The van der Waals surface area contributed by atoms with E-state index in [1.807, 2.05) is 25.1 Å². The number of hydrogen-bond acceptors (Lipinski definition) is 6. The zero-order valence-electron chi connectivity index (χ0n) is 14.7. The second-order valence-corrected chi connectivity index (χ2v) is 7.48. The molecule has 0 fully saturated rings. The topological polar surface area (TPSA) is 62.7 Å². The molecule has 2 aromatic heterocycles. The van der Waals surface area contributed by atoms with Crippen LogP contribution in [0.25, 0.3) is 10.9 Å². The highest BCUT2D eigenvalue weighted by Gasteiger charge is 2.17. The van der Waals surface area contributed by atoms with Gasteiger partial charge in [0.25, 0.3) is 0 Å². The fourth-order valence-corrected chi connectivity index (χ4v) is 4.12. The van der Waals surface area contributed by atoms with Gasteiger partial charge in [-0.2, -0.15) is 0 Å². The van der Waals surface area contributed by atoms with E-state index >= 15 is 0 Å². The van der Waals surface area contributed by atoms with Gasteiger partial charge in [0, 0.05) is 40.6 Å². The van der Waals surface area contributed by atoms with Gasteiger partial charge in [-0.15, -0.1) is 0 Å². The summed E-state index contributed by atoms with van der Waals surface area (Å²) in [6.45, 7) is 2.76. The lowest BCUT2D eigenvalue weighted by molar-refractivity contribution is 1.04. The first kappa shape index (κ1) is 16.1. The minimum Gasteiger partial charge on any atom is -0.380 e. The number of aryl methyl sites for hydroxylation is 1. The molecule has 1 aliphatic rings. The molecule has 6 heteroatoms. The molecule has 3 heterocycles. The van der Waals surface area contributed by atoms with Crippen molar-refractivity contribution in [3.05, 3.63) is 72.2 Å². The van der Waals surface area contributed by atoms with Crippen LogP contribution in [0.4, 0.5) is 17.2 Å². The highest BCUT2D eigenvalue weighted by atomic mass is 32.2. The Bertz CT molecular complexity index is 1160. The van der Waals surface area contributed by atoms with E-state index in [1.54, 1.807) is 24.2 Å². The van der Waals surface area contributed by atoms with Gasteiger partial charge in [-0.3, -0.25) is 4.98 Å². The maximum absolute atomic E-state index is 4.60. The number of pyridine rings is 1. The number of fused-ring (bicyclic) bond motifs is 3. The van der Waals surface area contributed by atoms with Gasteiger partial charge >= 0.3 is 0 Å². The highest BCUT2D eigenvalue weighted by Crippen LogP contribution is 2.42. The second-order valence-electron chi connectivity index (χ2n) is 6.45. The van der Waals surface area contributed by atoms with E-state index in [1.165, 1.54) is 5.56 Å². The predicted octanol–water partition coefficient (Wildman–Crippen LogP) is 5.15. The van der Waals surface area contributed by atoms with E-state index < -0.39 is 0 Å². The van der Waals surface area contributed by atoms with Gasteiger partial charge < -0.3 is 10.6 Å². The number of aromatic nitrogens is 3. The molecule has 0 aliphatic carbocycles. The lowest BCUT2D eigenvalue weighted by atomic mass is 10.1. The Hall–Kier alpha value is -3.12. The smallest absolute Gasteiger partial charge is 0.163 e. The molecule has 0 saturated heterocycles. The largest absolute Gasteiger partial charge is 0.380 e. The van der Waals surface area contributed by atoms with Crippen LogP contribution in [0.15, 0.2) is 70.8 Å². The summed E-state index contributed by atoms with van der Waals surface area (Å²) in [6.07, 6.45) is 3.43. The zero-order valence-corrected chi connectivity index (χ0v) is 15.5. The van der Waals surface area contributed by atoms with Crippen molar-refractivity contribution in [2.24, 2.45) is 0 Å². The van der Waals surface area contributed by atoms with Crippen LogP contribution in [0.2, 0.25) is 0 Å². The van der Waals surface area contributed by atoms with Gasteiger partial charge in [-0.05, 0) is 36.8 Å². The molecule has 5 nitrogen and oxygen atoms in total. The van der Waals surface area contributed by atoms with E-state index in [0.29, 0.717) is 0 Å². The summed E-state index contributed by atoms with van der Waals surface area (Å²) >= 11 is 1.64. The molecule has 2 N–H and O–H groups in total. The standard InChI is InChI=1S/C21H17N5S/c1-13-10-17(15-4-2-3-5-16(15)25-13)24-12-14-6-7-19-18(11-14)26-20-21(27-19)23-9-8-22-20/h2-11H,12H2,1H3,(H,22,26)(H,24,25). The Balaban J connectivity index is 1.40. The van der Waals surface area contributed by atoms with Gasteiger partial charge in [-0.1, -0.05) is 36.0 Å². The molecular formula is C21H17N5S. The maximum atomic E-state index is 4.60. The number of rotatable bonds is 3. The first-order valence-corrected chi connectivity index (χ1v) is 9.57. The lowest BCUT2D eigenvalue weighted by Crippen LogP contribution is -2.06. The number of nitrogens with one attached hydrogen (secondary N) is 2. The number of nitrogens with zero attached hydrogens (tertiary/aromatic N) is 3. The third-order valence-corrected chi connectivity index (χ3v) is 5.56. The zero-order chi connectivity index (χ0) is 18.2. The van der Waals surface area contributed by atoms with Crippen LogP contribution in [0.1, 0.15) is 11.3 Å². The van der Waals surface area contributed by atoms with E-state index in [0.717, 1.165) is 50.3 Å². The third kappa shape index (κ3) is 3.08. The summed E-state index contributed by atoms with van der Waals surface area (Å²) in [5, 5.41) is 9.00. The van der Waals surface area contributed by atoms with Crippen molar-refractivity contribution in [2.75, 3.05) is 10.6 Å². The van der Waals surface area contributed by atoms with Crippen molar-refractivity contribution < 1.29 is 0 Å². The van der Waals surface area contributed by atoms with Crippen LogP contribution in [0.5, 0.6) is 0 Å². The predicted molar refractivity (Wildman–Crippen MR) is 110 cm³/mol. The summed E-state index contributed by atoms with van der Waals surface area (Å²) in [5.41, 5.74) is 5.40. The van der Waals surface area contributed by atoms with E-state index in [4.69, 9.17) is 0 Å². The van der Waals surface area contributed by atoms with Crippen molar-refractivity contribution in [2.45, 2.75) is 23.4 Å². The molecule has 27 heavy (non-hydrogen) atoms. The minimum atomic E-state index is 0.737. The quantitative estimate of drug-likeness (QED) is 0.457. The molecule has 2 aromatic carbocycles. The van der Waals surface area contributed by atoms with E-state index in [2.05, 4.69) is 55.9 Å². The Labute approximate surface area is 161 Å². The van der Waals surface area contributed by atoms with Gasteiger partial charge in [0.05, 0.1) is 11.2 Å². The maximum Gasteiger partial charge on any atom is 0.163 e. The molecule has 0 radical (unpaired) electrons. The molecular weight excluding hydrogens is 354 g/mol. The van der Waals surface area contributed by atoms with Crippen molar-refractivity contribution in [1.82, 2.24) is 15.0 Å². The van der Waals surface area contributed by atoms with Crippen LogP contribution >= 0.6 is 11.8 Å². The highest BCUT2D eigenvalue weighted by molar-refractivity contribution is 7.99. The summed E-state index contributed by atoms with van der Waals surface area (Å²) in [5.74, 6) is 0.816. The molecule has 0 unspecified atom stereocenters. The van der Waals surface area contributed by atoms with Gasteiger partial charge in [0.15, 0.2) is 5.82 Å². The van der Waals surface area contributed by atoms with E-state index in [-0.39, 0.29) is 0 Å². The molecule has 0 atom stereocenters. The molecule has 5 rings (SSSR count). The first-order valence-electron chi connectivity index (χ1n) is 8.75. The van der Waals surface area contributed by atoms with Gasteiger partial charge in [0.1, 0.15) is 5.03 Å². The third-order valence-electron chi connectivity index (χ3n) is 4.50. The summed E-state index contributed by atoms with van der Waals surface area (Å²) in [7, 11) is 0. The molecule has 0 bridgehead atoms. The van der Waals surface area contributed by atoms with Crippen molar-refractivity contribution in [1.29, 1.82) is 0 Å². The van der Waals surface area contributed by atoms with Crippen LogP contribution in [0.3, 0.4) is 0 Å². The Morgan fingerprint density at radius 3 is 2.89 bits per heavy atom. The molecule has 0 amide bonds. The minimum absolute atomic E-state index is 0.737. The Kier molecular flexibility index (Phi) is 3.90. The van der Waals surface area contributed by atoms with E-state index in [9.17, 15) is 0 Å². The van der Waals surface area contributed by atoms with Crippen molar-refractivity contribution in [3.8, 4) is 0 Å². The first-order chi connectivity index (χ1) is 13.3. The van der Waals surface area contributed by atoms with Crippen LogP contribution < -0.4 is 10.6 Å². The molecule has 0 saturated carbocycles. The van der Waals surface area contributed by atoms with Gasteiger partial charge in [-0.25, -0.2) is 9.97 Å². The molecule has 4 aromatic rings. The normalized spacial score (nSPS) is 12.2. The average Bonchev–Trinajstić information content (AvgIpc) is 2.70. The SMILES string of the molecule is Cc1cc(NCc2ccc3c(c2)Nc2nccnc2S3)c2ccccc2n1. The molecule has 1 aliphatic heterocycles. The second kappa shape index (κ2) is 6.55. The monoisotopic (exact) mass is 371 g/mol. The molecule has 0 spiro atoms. The van der Waals surface area contributed by atoms with Crippen molar-refractivity contribution in [3.63, 3.8) is 0 Å². The molecule has 132 valence electrons. The Morgan fingerprint density at radius 1 is 1.04 bits per heavy atom. The fraction of sp³-hybridized carbons (Fsp3) is 0.0952. The fourth-order valence-electron chi connectivity index (χ4n) is 3.24. The summed E-state index contributed by atoms with van der Waals surface area (Å²) in [6, 6.07) is 16.8. The number of para-hydroxylation sites is 1. The van der Waals surface area contributed by atoms with Crippen LogP contribution in [-0.2, 0) is 6.54 Å². The summed E-state index contributed by atoms with van der Waals surface area (Å²) in [4.78, 5) is 14.5. The average molecular weight is 371 g/mol. The van der Waals surface area contributed by atoms with Crippen LogP contribution in [-0.4, -0.2) is 15.0 Å². The summed E-state index contributed by atoms with van der Waals surface area (Å²) < 4.78 is 0. The Morgan fingerprint density at radius 2 is 1.93 bits per heavy atom. The number of benzene rings is 2. The van der Waals surface area contributed by atoms with Gasteiger partial charge in [0.2, 0.25) is 0 Å². The lowest BCUT2D eigenvalue weighted by Gasteiger charge is -2.19. The van der Waals surface area contributed by atoms with Crippen LogP contribution in [0, 0.1) is 6.92 Å². The number of anilines is 3. The van der Waals surface area contributed by atoms with Crippen molar-refractivity contribution >= 4 is 39.9 Å².